The number of anilines is 2. The van der Waals surface area contributed by atoms with Crippen molar-refractivity contribution in [3.63, 3.8) is 0 Å². The lowest BCUT2D eigenvalue weighted by Gasteiger charge is -2.31. The van der Waals surface area contributed by atoms with Crippen LogP contribution in [-0.2, 0) is 9.57 Å². The van der Waals surface area contributed by atoms with E-state index in [9.17, 15) is 14.0 Å². The molecule has 0 atom stereocenters. The van der Waals surface area contributed by atoms with E-state index in [0.29, 0.717) is 31.1 Å². The number of ketones is 1. The van der Waals surface area contributed by atoms with Gasteiger partial charge in [0.25, 0.3) is 0 Å². The second kappa shape index (κ2) is 8.97. The summed E-state index contributed by atoms with van der Waals surface area (Å²) in [6.07, 6.45) is 0.687. The number of hydroxylamine groups is 2. The molecule has 0 unspecified atom stereocenters. The Morgan fingerprint density at radius 2 is 2.00 bits per heavy atom. The highest BCUT2D eigenvalue weighted by atomic mass is 32.1. The van der Waals surface area contributed by atoms with Gasteiger partial charge in [0.05, 0.1) is 0 Å². The molecule has 0 bridgehead atoms. The minimum absolute atomic E-state index is 0.0890. The first-order valence-corrected chi connectivity index (χ1v) is 10.4. The number of hydrogen-bond donors (Lipinski definition) is 2. The van der Waals surface area contributed by atoms with Gasteiger partial charge in [0, 0.05) is 24.7 Å². The van der Waals surface area contributed by atoms with Gasteiger partial charge in [-0.2, -0.15) is 0 Å². The molecule has 0 spiro atoms. The topological polar surface area (TPSA) is 107 Å². The molecule has 3 rings (SSSR count). The number of thiazole rings is 1. The summed E-state index contributed by atoms with van der Waals surface area (Å²) in [5, 5.41) is 5.37. The van der Waals surface area contributed by atoms with Crippen molar-refractivity contribution in [2.24, 2.45) is 0 Å². The summed E-state index contributed by atoms with van der Waals surface area (Å²) in [6.45, 7) is 6.39. The summed E-state index contributed by atoms with van der Waals surface area (Å²) in [5.41, 5.74) is 5.53. The quantitative estimate of drug-likeness (QED) is 0.538. The van der Waals surface area contributed by atoms with Crippen molar-refractivity contribution < 1.29 is 23.6 Å². The maximum absolute atomic E-state index is 13.4. The van der Waals surface area contributed by atoms with E-state index in [0.717, 1.165) is 11.3 Å². The molecule has 30 heavy (non-hydrogen) atoms. The Morgan fingerprint density at radius 1 is 1.30 bits per heavy atom. The first kappa shape index (κ1) is 22.0. The van der Waals surface area contributed by atoms with E-state index >= 15 is 0 Å². The van der Waals surface area contributed by atoms with Crippen molar-refractivity contribution in [3.8, 4) is 0 Å². The summed E-state index contributed by atoms with van der Waals surface area (Å²) < 4.78 is 18.5. The van der Waals surface area contributed by atoms with Crippen LogP contribution in [0.3, 0.4) is 0 Å². The van der Waals surface area contributed by atoms with Gasteiger partial charge in [-0.3, -0.25) is 4.79 Å². The number of ether oxygens (including phenoxy) is 1. The van der Waals surface area contributed by atoms with Crippen molar-refractivity contribution in [3.05, 3.63) is 40.5 Å². The minimum atomic E-state index is -0.720. The van der Waals surface area contributed by atoms with Gasteiger partial charge < -0.3 is 20.6 Å². The van der Waals surface area contributed by atoms with Gasteiger partial charge in [-0.05, 0) is 45.7 Å². The predicted octanol–water partition coefficient (Wildman–Crippen LogP) is 3.84. The van der Waals surface area contributed by atoms with Crippen LogP contribution in [0, 0.1) is 5.82 Å². The molecule has 8 nitrogen and oxygen atoms in total. The lowest BCUT2D eigenvalue weighted by atomic mass is 10.1. The number of benzene rings is 1. The van der Waals surface area contributed by atoms with Crippen molar-refractivity contribution in [2.45, 2.75) is 45.3 Å². The number of carbonyl (C=O) groups is 2. The van der Waals surface area contributed by atoms with Crippen molar-refractivity contribution in [1.29, 1.82) is 0 Å². The third-order valence-corrected chi connectivity index (χ3v) is 5.32. The fraction of sp³-hybridized carbons (Fsp3) is 0.450. The number of aromatic nitrogens is 1. The number of hydrogen-bond acceptors (Lipinski definition) is 9. The van der Waals surface area contributed by atoms with E-state index in [1.54, 1.807) is 25.8 Å². The zero-order valence-corrected chi connectivity index (χ0v) is 17.9. The molecule has 1 fully saturated rings. The average Bonchev–Trinajstić information content (AvgIpc) is 3.01. The maximum Gasteiger partial charge on any atom is 0.528 e. The molecule has 10 heteroatoms. The number of nitrogens with two attached hydrogens (primary N) is 1. The van der Waals surface area contributed by atoms with Crippen LogP contribution in [-0.4, -0.2) is 46.7 Å². The molecule has 1 aromatic carbocycles. The van der Waals surface area contributed by atoms with E-state index in [4.69, 9.17) is 15.3 Å². The van der Waals surface area contributed by atoms with Crippen LogP contribution >= 0.6 is 11.3 Å². The van der Waals surface area contributed by atoms with Crippen LogP contribution in [0.2, 0.25) is 0 Å². The number of nitrogens with one attached hydrogen (secondary N) is 1. The third-order valence-electron chi connectivity index (χ3n) is 4.32. The molecule has 0 amide bonds. The van der Waals surface area contributed by atoms with E-state index < -0.39 is 17.6 Å². The molecule has 1 saturated heterocycles. The zero-order valence-electron chi connectivity index (χ0n) is 17.1. The Bertz CT molecular complexity index is 920. The number of rotatable bonds is 5. The Labute approximate surface area is 178 Å². The standard InChI is InChI=1S/C20H25FN4O4S/c1-20(2,3)28-19(27)29-25-9-7-14(8-10-25)23-18-24-17(22)16(30-18)15(26)12-5-4-6-13(21)11-12/h4-6,11,14H,7-10,22H2,1-3H3,(H,23,24). The largest absolute Gasteiger partial charge is 0.528 e. The molecule has 1 aromatic heterocycles. The van der Waals surface area contributed by atoms with Crippen LogP contribution in [0.4, 0.5) is 20.1 Å². The molecule has 162 valence electrons. The lowest BCUT2D eigenvalue weighted by Crippen LogP contribution is -2.41. The van der Waals surface area contributed by atoms with Crippen LogP contribution < -0.4 is 11.1 Å². The molecule has 1 aliphatic rings. The normalized spacial score (nSPS) is 15.6. The molecule has 3 N–H and O–H groups in total. The molecule has 0 aliphatic carbocycles. The number of piperidine rings is 1. The predicted molar refractivity (Wildman–Crippen MR) is 112 cm³/mol. The fourth-order valence-electron chi connectivity index (χ4n) is 2.96. The number of halogens is 1. The van der Waals surface area contributed by atoms with Gasteiger partial charge in [0.15, 0.2) is 5.13 Å². The monoisotopic (exact) mass is 436 g/mol. The summed E-state index contributed by atoms with van der Waals surface area (Å²) >= 11 is 1.14. The SMILES string of the molecule is CC(C)(C)OC(=O)ON1CCC(Nc2nc(N)c(C(=O)c3cccc(F)c3)s2)CC1. The minimum Gasteiger partial charge on any atom is -0.427 e. The number of nitrogens with zero attached hydrogens (tertiary/aromatic N) is 2. The van der Waals surface area contributed by atoms with Crippen molar-refractivity contribution >= 4 is 34.2 Å². The molecule has 1 aliphatic heterocycles. The molecule has 2 heterocycles. The second-order valence-corrected chi connectivity index (χ2v) is 8.98. The highest BCUT2D eigenvalue weighted by Gasteiger charge is 2.26. The van der Waals surface area contributed by atoms with Crippen molar-refractivity contribution in [2.75, 3.05) is 24.1 Å². The van der Waals surface area contributed by atoms with Gasteiger partial charge >= 0.3 is 6.16 Å². The van der Waals surface area contributed by atoms with Crippen molar-refractivity contribution in [1.82, 2.24) is 10.0 Å². The summed E-state index contributed by atoms with van der Waals surface area (Å²) in [6, 6.07) is 5.56. The highest BCUT2D eigenvalue weighted by Crippen LogP contribution is 2.29. The Hall–Kier alpha value is -2.72. The molecule has 0 radical (unpaired) electrons. The first-order valence-electron chi connectivity index (χ1n) is 9.60. The molecular weight excluding hydrogens is 411 g/mol. The van der Waals surface area contributed by atoms with Crippen LogP contribution in [0.25, 0.3) is 0 Å². The van der Waals surface area contributed by atoms with Gasteiger partial charge in [0.1, 0.15) is 22.1 Å². The Balaban J connectivity index is 1.54. The smallest absolute Gasteiger partial charge is 0.427 e. The van der Waals surface area contributed by atoms with E-state index in [1.165, 1.54) is 24.3 Å². The summed E-state index contributed by atoms with van der Waals surface area (Å²) in [5.74, 6) is -0.733. The molecular formula is C20H25FN4O4S. The number of carbonyl (C=O) groups excluding carboxylic acids is 2. The fourth-order valence-corrected chi connectivity index (χ4v) is 3.88. The Kier molecular flexibility index (Phi) is 6.57. The first-order chi connectivity index (χ1) is 14.1. The van der Waals surface area contributed by atoms with Crippen LogP contribution in [0.5, 0.6) is 0 Å². The molecule has 2 aromatic rings. The summed E-state index contributed by atoms with van der Waals surface area (Å²) in [7, 11) is 0. The number of nitrogen functional groups attached to an aromatic ring is 1. The second-order valence-electron chi connectivity index (χ2n) is 7.98. The average molecular weight is 437 g/mol. The van der Waals surface area contributed by atoms with Crippen LogP contribution in [0.15, 0.2) is 24.3 Å². The van der Waals surface area contributed by atoms with Gasteiger partial charge in [0.2, 0.25) is 5.78 Å². The van der Waals surface area contributed by atoms with Gasteiger partial charge in [-0.25, -0.2) is 14.2 Å². The molecule has 0 saturated carbocycles. The third kappa shape index (κ3) is 5.90. The highest BCUT2D eigenvalue weighted by molar-refractivity contribution is 7.18. The lowest BCUT2D eigenvalue weighted by molar-refractivity contribution is -0.151. The maximum atomic E-state index is 13.4. The van der Waals surface area contributed by atoms with Gasteiger partial charge in [-0.1, -0.05) is 23.5 Å². The van der Waals surface area contributed by atoms with Crippen LogP contribution in [0.1, 0.15) is 48.8 Å². The zero-order chi connectivity index (χ0) is 21.9. The van der Waals surface area contributed by atoms with E-state index in [1.807, 2.05) is 0 Å². The van der Waals surface area contributed by atoms with E-state index in [-0.39, 0.29) is 28.1 Å². The van der Waals surface area contributed by atoms with E-state index in [2.05, 4.69) is 10.3 Å². The Morgan fingerprint density at radius 3 is 2.63 bits per heavy atom. The van der Waals surface area contributed by atoms with Gasteiger partial charge in [-0.15, -0.1) is 5.06 Å². The summed E-state index contributed by atoms with van der Waals surface area (Å²) in [4.78, 5) is 34.1.